The lowest BCUT2D eigenvalue weighted by atomic mass is 9.96. The van der Waals surface area contributed by atoms with Crippen molar-refractivity contribution in [1.29, 1.82) is 0 Å². The van der Waals surface area contributed by atoms with Crippen molar-refractivity contribution < 1.29 is 4.74 Å². The highest BCUT2D eigenvalue weighted by Crippen LogP contribution is 2.52. The molecule has 0 fully saturated rings. The van der Waals surface area contributed by atoms with Gasteiger partial charge in [0.05, 0.1) is 11.4 Å². The molecule has 41 heavy (non-hydrogen) atoms. The summed E-state index contributed by atoms with van der Waals surface area (Å²) in [6, 6.07) is 51.9. The lowest BCUT2D eigenvalue weighted by Gasteiger charge is -2.33. The molecule has 0 unspecified atom stereocenters. The molecule has 0 radical (unpaired) electrons. The SMILES string of the molecule is Cc1ccc(N2c3ccc(-c4cccc5ccccc45)cc3Oc3cc(-c4cccc5ccccc45)ccc32)cc1. The number of rotatable bonds is 3. The maximum Gasteiger partial charge on any atom is 0.152 e. The predicted octanol–water partition coefficient (Wildman–Crippen LogP) is 11.2. The van der Waals surface area contributed by atoms with Crippen molar-refractivity contribution in [2.75, 3.05) is 4.90 Å². The van der Waals surface area contributed by atoms with Crippen molar-refractivity contribution in [3.8, 4) is 33.8 Å². The van der Waals surface area contributed by atoms with Gasteiger partial charge in [-0.2, -0.15) is 0 Å². The van der Waals surface area contributed by atoms with E-state index in [2.05, 4.69) is 157 Å². The van der Waals surface area contributed by atoms with Crippen LogP contribution >= 0.6 is 0 Å². The lowest BCUT2D eigenvalue weighted by Crippen LogP contribution is -2.16. The average molecular weight is 526 g/mol. The fourth-order valence-electron chi connectivity index (χ4n) is 6.07. The molecule has 0 atom stereocenters. The van der Waals surface area contributed by atoms with Crippen molar-refractivity contribution in [1.82, 2.24) is 0 Å². The monoisotopic (exact) mass is 525 g/mol. The Kier molecular flexibility index (Phi) is 5.39. The van der Waals surface area contributed by atoms with E-state index in [9.17, 15) is 0 Å². The number of hydrogen-bond donors (Lipinski definition) is 0. The topological polar surface area (TPSA) is 12.5 Å². The molecule has 2 heteroatoms. The minimum absolute atomic E-state index is 0.846. The molecule has 0 amide bonds. The first-order chi connectivity index (χ1) is 20.2. The second kappa shape index (κ2) is 9.39. The second-order valence-electron chi connectivity index (χ2n) is 10.7. The second-order valence-corrected chi connectivity index (χ2v) is 10.7. The van der Waals surface area contributed by atoms with Crippen LogP contribution < -0.4 is 9.64 Å². The molecule has 0 aromatic heterocycles. The van der Waals surface area contributed by atoms with Crippen molar-refractivity contribution in [3.05, 3.63) is 151 Å². The molecular formula is C39H27NO. The number of nitrogens with zero attached hydrogens (tertiary/aromatic N) is 1. The van der Waals surface area contributed by atoms with Crippen molar-refractivity contribution in [2.45, 2.75) is 6.92 Å². The largest absolute Gasteiger partial charge is 0.453 e. The molecule has 194 valence electrons. The minimum atomic E-state index is 0.846. The first kappa shape index (κ1) is 23.5. The standard InChI is InChI=1S/C39H27NO/c1-26-16-20-31(21-17-26)40-36-22-18-29(34-14-6-10-27-8-2-4-12-32(27)34)24-38(36)41-39-25-30(19-23-37(39)40)35-15-7-11-28-9-3-5-13-33(28)35/h2-25H,1H3. The predicted molar refractivity (Wildman–Crippen MR) is 172 cm³/mol. The molecule has 7 aromatic carbocycles. The Morgan fingerprint density at radius 1 is 0.463 bits per heavy atom. The molecule has 0 saturated carbocycles. The molecule has 7 aromatic rings. The van der Waals surface area contributed by atoms with Gasteiger partial charge in [-0.05, 0) is 87.1 Å². The molecule has 0 bridgehead atoms. The van der Waals surface area contributed by atoms with Gasteiger partial charge in [-0.15, -0.1) is 0 Å². The van der Waals surface area contributed by atoms with Crippen LogP contribution in [0.25, 0.3) is 43.8 Å². The van der Waals surface area contributed by atoms with Gasteiger partial charge in [-0.1, -0.05) is 115 Å². The highest BCUT2D eigenvalue weighted by molar-refractivity contribution is 5.99. The van der Waals surface area contributed by atoms with Gasteiger partial charge in [0.2, 0.25) is 0 Å². The van der Waals surface area contributed by atoms with E-state index in [1.165, 1.54) is 38.2 Å². The summed E-state index contributed by atoms with van der Waals surface area (Å²) in [6.45, 7) is 2.12. The first-order valence-corrected chi connectivity index (χ1v) is 14.0. The van der Waals surface area contributed by atoms with E-state index in [1.54, 1.807) is 0 Å². The Hall–Kier alpha value is -5.34. The number of hydrogen-bond acceptors (Lipinski definition) is 2. The number of ether oxygens (including phenoxy) is 1. The molecular weight excluding hydrogens is 498 g/mol. The molecule has 0 aliphatic carbocycles. The molecule has 2 nitrogen and oxygen atoms in total. The van der Waals surface area contributed by atoms with Crippen LogP contribution in [-0.4, -0.2) is 0 Å². The molecule has 0 N–H and O–H groups in total. The summed E-state index contributed by atoms with van der Waals surface area (Å²) in [5.74, 6) is 1.69. The zero-order valence-electron chi connectivity index (χ0n) is 22.7. The average Bonchev–Trinajstić information content (AvgIpc) is 3.03. The van der Waals surface area contributed by atoms with Crippen molar-refractivity contribution in [3.63, 3.8) is 0 Å². The van der Waals surface area contributed by atoms with E-state index >= 15 is 0 Å². The summed E-state index contributed by atoms with van der Waals surface area (Å²) in [5, 5.41) is 4.93. The van der Waals surface area contributed by atoms with E-state index in [4.69, 9.17) is 4.74 Å². The highest BCUT2D eigenvalue weighted by atomic mass is 16.5. The third kappa shape index (κ3) is 3.96. The van der Waals surface area contributed by atoms with Crippen LogP contribution in [0.4, 0.5) is 17.1 Å². The van der Waals surface area contributed by atoms with Crippen LogP contribution in [0.3, 0.4) is 0 Å². The van der Waals surface area contributed by atoms with Crippen molar-refractivity contribution in [2.24, 2.45) is 0 Å². The Balaban J connectivity index is 1.31. The molecule has 1 aliphatic rings. The third-order valence-corrected chi connectivity index (χ3v) is 8.11. The van der Waals surface area contributed by atoms with E-state index in [0.717, 1.165) is 39.7 Å². The lowest BCUT2D eigenvalue weighted by molar-refractivity contribution is 0.477. The molecule has 0 spiro atoms. The van der Waals surface area contributed by atoms with Gasteiger partial charge in [0.15, 0.2) is 11.5 Å². The smallest absolute Gasteiger partial charge is 0.152 e. The van der Waals surface area contributed by atoms with Gasteiger partial charge in [0.1, 0.15) is 0 Å². The fraction of sp³-hybridized carbons (Fsp3) is 0.0256. The number of fused-ring (bicyclic) bond motifs is 4. The molecule has 0 saturated heterocycles. The van der Waals surface area contributed by atoms with E-state index in [1.807, 2.05) is 0 Å². The van der Waals surface area contributed by atoms with Crippen LogP contribution in [0.2, 0.25) is 0 Å². The Labute approximate surface area is 239 Å². The Morgan fingerprint density at radius 2 is 0.951 bits per heavy atom. The van der Waals surface area contributed by atoms with Crippen LogP contribution in [0.15, 0.2) is 146 Å². The number of aryl methyl sites for hydroxylation is 1. The van der Waals surface area contributed by atoms with Gasteiger partial charge >= 0.3 is 0 Å². The van der Waals surface area contributed by atoms with E-state index < -0.39 is 0 Å². The van der Waals surface area contributed by atoms with E-state index in [-0.39, 0.29) is 0 Å². The van der Waals surface area contributed by atoms with E-state index in [0.29, 0.717) is 0 Å². The third-order valence-electron chi connectivity index (χ3n) is 8.11. The van der Waals surface area contributed by atoms with Crippen LogP contribution in [0.5, 0.6) is 11.5 Å². The summed E-state index contributed by atoms with van der Waals surface area (Å²) >= 11 is 0. The molecule has 1 aliphatic heterocycles. The quantitative estimate of drug-likeness (QED) is 0.227. The zero-order chi connectivity index (χ0) is 27.3. The van der Waals surface area contributed by atoms with Gasteiger partial charge in [-0.3, -0.25) is 0 Å². The van der Waals surface area contributed by atoms with Gasteiger partial charge in [-0.25, -0.2) is 0 Å². The summed E-state index contributed by atoms with van der Waals surface area (Å²) in [6.07, 6.45) is 0. The summed E-state index contributed by atoms with van der Waals surface area (Å²) in [4.78, 5) is 2.31. The summed E-state index contributed by atoms with van der Waals surface area (Å²) in [7, 11) is 0. The molecule has 1 heterocycles. The Morgan fingerprint density at radius 3 is 1.49 bits per heavy atom. The normalized spacial score (nSPS) is 12.2. The number of anilines is 3. The summed E-state index contributed by atoms with van der Waals surface area (Å²) < 4.78 is 6.76. The van der Waals surface area contributed by atoms with Gasteiger partial charge < -0.3 is 9.64 Å². The number of benzene rings is 7. The van der Waals surface area contributed by atoms with Crippen LogP contribution in [0, 0.1) is 6.92 Å². The highest BCUT2D eigenvalue weighted by Gasteiger charge is 2.27. The first-order valence-electron chi connectivity index (χ1n) is 14.0. The summed E-state index contributed by atoms with van der Waals surface area (Å²) in [5.41, 5.74) is 9.08. The van der Waals surface area contributed by atoms with Gasteiger partial charge in [0, 0.05) is 5.69 Å². The maximum atomic E-state index is 6.76. The zero-order valence-corrected chi connectivity index (χ0v) is 22.7. The van der Waals surface area contributed by atoms with Crippen LogP contribution in [0.1, 0.15) is 5.56 Å². The molecule has 8 rings (SSSR count). The Bertz CT molecular complexity index is 1950. The minimum Gasteiger partial charge on any atom is -0.453 e. The fourth-order valence-corrected chi connectivity index (χ4v) is 6.07. The van der Waals surface area contributed by atoms with Crippen molar-refractivity contribution >= 4 is 38.6 Å². The van der Waals surface area contributed by atoms with Gasteiger partial charge in [0.25, 0.3) is 0 Å². The maximum absolute atomic E-state index is 6.76. The van der Waals surface area contributed by atoms with Crippen LogP contribution in [-0.2, 0) is 0 Å².